The lowest BCUT2D eigenvalue weighted by Gasteiger charge is -2.23. The molecule has 1 aliphatic rings. The van der Waals surface area contributed by atoms with Gasteiger partial charge in [-0.15, -0.1) is 0 Å². The van der Waals surface area contributed by atoms with Crippen LogP contribution in [0.2, 0.25) is 0 Å². The lowest BCUT2D eigenvalue weighted by molar-refractivity contribution is -0.120. The van der Waals surface area contributed by atoms with Crippen molar-refractivity contribution < 1.29 is 13.2 Å². The quantitative estimate of drug-likeness (QED) is 0.609. The summed E-state index contributed by atoms with van der Waals surface area (Å²) in [6.45, 7) is -0.281. The number of anilines is 1. The van der Waals surface area contributed by atoms with Gasteiger partial charge >= 0.3 is 0 Å². The van der Waals surface area contributed by atoms with Crippen molar-refractivity contribution in [2.45, 2.75) is 44.9 Å². The van der Waals surface area contributed by atoms with E-state index < -0.39 is 15.9 Å². The van der Waals surface area contributed by atoms with Gasteiger partial charge in [-0.25, -0.2) is 8.42 Å². The molecule has 3 rings (SSSR count). The number of carbonyl (C=O) groups excluding carboxylic acids is 1. The molecule has 0 aliphatic heterocycles. The maximum Gasteiger partial charge on any atom is 0.259 e. The third-order valence-corrected chi connectivity index (χ3v) is 6.46. The van der Waals surface area contributed by atoms with Gasteiger partial charge in [0.05, 0.1) is 11.9 Å². The van der Waals surface area contributed by atoms with Gasteiger partial charge in [-0.1, -0.05) is 61.4 Å². The molecule has 7 heteroatoms. The molecule has 166 valence electrons. The molecule has 0 bridgehead atoms. The average Bonchev–Trinajstić information content (AvgIpc) is 2.72. The van der Waals surface area contributed by atoms with Crippen LogP contribution in [0, 0.1) is 0 Å². The van der Waals surface area contributed by atoms with Gasteiger partial charge in [0, 0.05) is 5.70 Å². The molecule has 0 saturated carbocycles. The predicted molar refractivity (Wildman–Crippen MR) is 125 cm³/mol. The Morgan fingerprint density at radius 2 is 1.61 bits per heavy atom. The molecule has 0 saturated heterocycles. The number of nitrogens with zero attached hydrogens (tertiary/aromatic N) is 1. The van der Waals surface area contributed by atoms with Gasteiger partial charge in [0.2, 0.25) is 10.0 Å². The van der Waals surface area contributed by atoms with Crippen molar-refractivity contribution >= 4 is 21.6 Å². The highest BCUT2D eigenvalue weighted by atomic mass is 32.2. The van der Waals surface area contributed by atoms with Crippen LogP contribution < -0.4 is 15.2 Å². The van der Waals surface area contributed by atoms with Crippen molar-refractivity contribution in [1.29, 1.82) is 0 Å². The molecule has 2 N–H and O–H groups in total. The van der Waals surface area contributed by atoms with Crippen LogP contribution >= 0.6 is 0 Å². The Kier molecular flexibility index (Phi) is 8.12. The third-order valence-electron chi connectivity index (χ3n) is 5.32. The fourth-order valence-corrected chi connectivity index (χ4v) is 4.49. The Bertz CT molecular complexity index is 986. The largest absolute Gasteiger partial charge is 0.303 e. The molecule has 0 radical (unpaired) electrons. The third kappa shape index (κ3) is 7.43. The van der Waals surface area contributed by atoms with Crippen LogP contribution in [-0.4, -0.2) is 27.1 Å². The number of carbonyl (C=O) groups is 1. The second kappa shape index (κ2) is 11.0. The summed E-state index contributed by atoms with van der Waals surface area (Å²) in [5, 5.41) is 0. The topological polar surface area (TPSA) is 78.5 Å². The summed E-state index contributed by atoms with van der Waals surface area (Å²) in [7, 11) is -3.61. The summed E-state index contributed by atoms with van der Waals surface area (Å²) >= 11 is 0. The second-order valence-electron chi connectivity index (χ2n) is 7.95. The van der Waals surface area contributed by atoms with E-state index in [1.807, 2.05) is 30.3 Å². The van der Waals surface area contributed by atoms with E-state index in [4.69, 9.17) is 0 Å². The van der Waals surface area contributed by atoms with E-state index in [0.717, 1.165) is 53.9 Å². The van der Waals surface area contributed by atoms with Crippen molar-refractivity contribution in [3.05, 3.63) is 77.5 Å². The fourth-order valence-electron chi connectivity index (χ4n) is 3.64. The SMILES string of the molecule is CS(=O)(=O)N(CC(=O)NNC1=CCCCCCC1)c1ccc(Cc2ccccc2)cc1. The van der Waals surface area contributed by atoms with Crippen LogP contribution in [0.3, 0.4) is 0 Å². The van der Waals surface area contributed by atoms with Crippen molar-refractivity contribution in [3.8, 4) is 0 Å². The van der Waals surface area contributed by atoms with Gasteiger partial charge in [-0.05, 0) is 55.4 Å². The van der Waals surface area contributed by atoms with Crippen LogP contribution in [0.4, 0.5) is 5.69 Å². The molecule has 1 aliphatic carbocycles. The van der Waals surface area contributed by atoms with E-state index in [2.05, 4.69) is 29.1 Å². The summed E-state index contributed by atoms with van der Waals surface area (Å²) in [6, 6.07) is 17.4. The van der Waals surface area contributed by atoms with Gasteiger partial charge in [0.15, 0.2) is 0 Å². The molecule has 0 fully saturated rings. The number of hydrogen-bond donors (Lipinski definition) is 2. The average molecular weight is 442 g/mol. The van der Waals surface area contributed by atoms with E-state index >= 15 is 0 Å². The van der Waals surface area contributed by atoms with Gasteiger partial charge < -0.3 is 5.43 Å². The summed E-state index contributed by atoms with van der Waals surface area (Å²) in [6.07, 6.45) is 10.5. The molecular weight excluding hydrogens is 410 g/mol. The number of nitrogens with one attached hydrogen (secondary N) is 2. The normalized spacial score (nSPS) is 14.7. The number of benzene rings is 2. The van der Waals surface area contributed by atoms with Crippen LogP contribution in [0.1, 0.15) is 49.7 Å². The van der Waals surface area contributed by atoms with Crippen LogP contribution in [-0.2, 0) is 21.2 Å². The zero-order chi connectivity index (χ0) is 22.1. The lowest BCUT2D eigenvalue weighted by atomic mass is 10.0. The summed E-state index contributed by atoms with van der Waals surface area (Å²) < 4.78 is 25.8. The zero-order valence-electron chi connectivity index (χ0n) is 18.0. The molecule has 2 aromatic carbocycles. The Hall–Kier alpha value is -2.80. The molecule has 1 amide bonds. The minimum absolute atomic E-state index is 0.281. The molecule has 0 atom stereocenters. The molecule has 2 aromatic rings. The number of rotatable bonds is 8. The van der Waals surface area contributed by atoms with Gasteiger partial charge in [-0.2, -0.15) is 0 Å². The highest BCUT2D eigenvalue weighted by molar-refractivity contribution is 7.92. The van der Waals surface area contributed by atoms with Crippen molar-refractivity contribution in [3.63, 3.8) is 0 Å². The summed E-state index contributed by atoms with van der Waals surface area (Å²) in [5.41, 5.74) is 9.35. The summed E-state index contributed by atoms with van der Waals surface area (Å²) in [5.74, 6) is -0.401. The molecular formula is C24H31N3O3S. The number of sulfonamides is 1. The number of hydrogen-bond acceptors (Lipinski definition) is 4. The molecule has 31 heavy (non-hydrogen) atoms. The Labute approximate surface area is 185 Å². The maximum atomic E-state index is 12.5. The minimum Gasteiger partial charge on any atom is -0.303 e. The van der Waals surface area contributed by atoms with E-state index in [9.17, 15) is 13.2 Å². The number of amides is 1. The molecule has 0 aromatic heterocycles. The standard InChI is InChI=1S/C24H31N3O3S/c1-31(29,30)27(19-24(28)26-25-22-12-8-3-2-4-9-13-22)23-16-14-21(15-17-23)18-20-10-6-5-7-11-20/h5-7,10-12,14-17,25H,2-4,8-9,13,18-19H2,1H3,(H,26,28). The smallest absolute Gasteiger partial charge is 0.259 e. The highest BCUT2D eigenvalue weighted by Crippen LogP contribution is 2.20. The zero-order valence-corrected chi connectivity index (χ0v) is 18.8. The Morgan fingerprint density at radius 3 is 2.32 bits per heavy atom. The minimum atomic E-state index is -3.61. The van der Waals surface area contributed by atoms with Crippen molar-refractivity contribution in [2.24, 2.45) is 0 Å². The van der Waals surface area contributed by atoms with E-state index in [1.54, 1.807) is 12.1 Å². The Morgan fingerprint density at radius 1 is 0.935 bits per heavy atom. The van der Waals surface area contributed by atoms with Gasteiger partial charge in [-0.3, -0.25) is 14.5 Å². The fraction of sp³-hybridized carbons (Fsp3) is 0.375. The number of hydrazine groups is 1. The lowest BCUT2D eigenvalue weighted by Crippen LogP contribution is -2.45. The van der Waals surface area contributed by atoms with Crippen LogP contribution in [0.5, 0.6) is 0 Å². The first-order chi connectivity index (χ1) is 14.9. The highest BCUT2D eigenvalue weighted by Gasteiger charge is 2.21. The molecule has 0 spiro atoms. The summed E-state index contributed by atoms with van der Waals surface area (Å²) in [4.78, 5) is 12.5. The predicted octanol–water partition coefficient (Wildman–Crippen LogP) is 3.90. The first-order valence-corrected chi connectivity index (χ1v) is 12.6. The van der Waals surface area contributed by atoms with Crippen LogP contribution in [0.25, 0.3) is 0 Å². The van der Waals surface area contributed by atoms with Gasteiger partial charge in [0.25, 0.3) is 5.91 Å². The molecule has 0 unspecified atom stereocenters. The maximum absolute atomic E-state index is 12.5. The monoisotopic (exact) mass is 441 g/mol. The van der Waals surface area contributed by atoms with Gasteiger partial charge in [0.1, 0.15) is 6.54 Å². The Balaban J connectivity index is 1.62. The number of allylic oxidation sites excluding steroid dienone is 2. The van der Waals surface area contributed by atoms with E-state index in [1.165, 1.54) is 18.4 Å². The van der Waals surface area contributed by atoms with E-state index in [-0.39, 0.29) is 6.54 Å². The first kappa shape index (κ1) is 22.9. The first-order valence-electron chi connectivity index (χ1n) is 10.8. The molecule has 0 heterocycles. The van der Waals surface area contributed by atoms with Crippen molar-refractivity contribution in [2.75, 3.05) is 17.1 Å². The van der Waals surface area contributed by atoms with Crippen LogP contribution in [0.15, 0.2) is 66.4 Å². The molecule has 6 nitrogen and oxygen atoms in total. The van der Waals surface area contributed by atoms with Crippen molar-refractivity contribution in [1.82, 2.24) is 10.9 Å². The van der Waals surface area contributed by atoms with E-state index in [0.29, 0.717) is 5.69 Å². The second-order valence-corrected chi connectivity index (χ2v) is 9.86.